The van der Waals surface area contributed by atoms with Crippen molar-refractivity contribution in [3.05, 3.63) is 43.1 Å². The van der Waals surface area contributed by atoms with E-state index in [0.717, 1.165) is 53.8 Å². The van der Waals surface area contributed by atoms with Crippen LogP contribution >= 0.6 is 0 Å². The van der Waals surface area contributed by atoms with Gasteiger partial charge in [-0.3, -0.25) is 9.36 Å². The molecule has 6 rings (SSSR count). The third-order valence-corrected chi connectivity index (χ3v) is 6.49. The molecule has 8 heteroatoms. The van der Waals surface area contributed by atoms with Crippen LogP contribution in [-0.4, -0.2) is 34.2 Å². The summed E-state index contributed by atoms with van der Waals surface area (Å²) in [5.74, 6) is 0.262. The predicted molar refractivity (Wildman–Crippen MR) is 105 cm³/mol. The minimum absolute atomic E-state index is 0.262. The fourth-order valence-electron chi connectivity index (χ4n) is 5.01. The van der Waals surface area contributed by atoms with Gasteiger partial charge in [0.15, 0.2) is 0 Å². The molecule has 0 bridgehead atoms. The van der Waals surface area contributed by atoms with Crippen LogP contribution in [0.3, 0.4) is 0 Å². The van der Waals surface area contributed by atoms with Gasteiger partial charge in [0.1, 0.15) is 11.4 Å². The first-order valence-electron chi connectivity index (χ1n) is 9.91. The summed E-state index contributed by atoms with van der Waals surface area (Å²) in [6.07, 6.45) is 13.9. The van der Waals surface area contributed by atoms with Crippen molar-refractivity contribution in [2.75, 3.05) is 0 Å². The van der Waals surface area contributed by atoms with E-state index in [-0.39, 0.29) is 5.92 Å². The lowest BCUT2D eigenvalue weighted by molar-refractivity contribution is -0.0470. The minimum atomic E-state index is 0.262. The van der Waals surface area contributed by atoms with Gasteiger partial charge in [0.05, 0.1) is 41.9 Å². The molecule has 0 unspecified atom stereocenters. The first-order chi connectivity index (χ1) is 14.1. The highest BCUT2D eigenvalue weighted by Gasteiger charge is 2.53. The van der Waals surface area contributed by atoms with E-state index in [4.69, 9.17) is 10.2 Å². The zero-order chi connectivity index (χ0) is 19.6. The summed E-state index contributed by atoms with van der Waals surface area (Å²) < 4.78 is 5.69. The standard InChI is InChI=1S/C21H20N8/c1-27-5-3-17(26-27)18-13-29-19(2-4-23-29)20(25-18)15-11-24-28(12-15)16-8-21(9-16)6-14(7-21)10-22/h2-5,11-14,16H,6-9H2,1H3. The van der Waals surface area contributed by atoms with Crippen molar-refractivity contribution in [2.24, 2.45) is 18.4 Å². The fraction of sp³-hybridized carbons (Fsp3) is 0.381. The lowest BCUT2D eigenvalue weighted by Gasteiger charge is -2.56. The predicted octanol–water partition coefficient (Wildman–Crippen LogP) is 3.25. The summed E-state index contributed by atoms with van der Waals surface area (Å²) in [7, 11) is 1.90. The van der Waals surface area contributed by atoms with E-state index in [9.17, 15) is 0 Å². The van der Waals surface area contributed by atoms with Crippen molar-refractivity contribution in [1.82, 2.24) is 34.2 Å². The van der Waals surface area contributed by atoms with Gasteiger partial charge in [0.2, 0.25) is 0 Å². The number of hydrogen-bond donors (Lipinski definition) is 0. The molecule has 0 atom stereocenters. The Morgan fingerprint density at radius 3 is 2.72 bits per heavy atom. The average molecular weight is 384 g/mol. The van der Waals surface area contributed by atoms with Crippen molar-refractivity contribution in [2.45, 2.75) is 31.7 Å². The van der Waals surface area contributed by atoms with Gasteiger partial charge in [-0.15, -0.1) is 0 Å². The number of rotatable bonds is 3. The molecule has 0 amide bonds. The van der Waals surface area contributed by atoms with E-state index < -0.39 is 0 Å². The third kappa shape index (κ3) is 2.50. The maximum absolute atomic E-state index is 9.04. The number of aromatic nitrogens is 7. The van der Waals surface area contributed by atoms with Gasteiger partial charge in [-0.25, -0.2) is 9.50 Å². The van der Waals surface area contributed by atoms with E-state index in [1.165, 1.54) is 0 Å². The molecular weight excluding hydrogens is 364 g/mol. The first-order valence-corrected chi connectivity index (χ1v) is 9.91. The van der Waals surface area contributed by atoms with Crippen molar-refractivity contribution in [3.63, 3.8) is 0 Å². The normalized spacial score (nSPS) is 25.7. The summed E-state index contributed by atoms with van der Waals surface area (Å²) in [6, 6.07) is 6.73. The van der Waals surface area contributed by atoms with Crippen LogP contribution in [0.15, 0.2) is 43.1 Å². The van der Waals surface area contributed by atoms with Crippen molar-refractivity contribution in [1.29, 1.82) is 5.26 Å². The van der Waals surface area contributed by atoms with Crippen molar-refractivity contribution in [3.8, 4) is 28.7 Å². The SMILES string of the molecule is Cn1ccc(-c2cn3nccc3c(-c3cnn(C4CC5(CC(C#N)C5)C4)c3)n2)n1. The van der Waals surface area contributed by atoms with Gasteiger partial charge < -0.3 is 0 Å². The highest BCUT2D eigenvalue weighted by molar-refractivity contribution is 5.77. The van der Waals surface area contributed by atoms with E-state index in [2.05, 4.69) is 32.2 Å². The van der Waals surface area contributed by atoms with Gasteiger partial charge >= 0.3 is 0 Å². The molecule has 144 valence electrons. The van der Waals surface area contributed by atoms with Crippen LogP contribution in [0, 0.1) is 22.7 Å². The Morgan fingerprint density at radius 2 is 1.97 bits per heavy atom. The highest BCUT2D eigenvalue weighted by Crippen LogP contribution is 2.62. The molecule has 4 aromatic rings. The fourth-order valence-corrected chi connectivity index (χ4v) is 5.01. The van der Waals surface area contributed by atoms with Crippen LogP contribution < -0.4 is 0 Å². The molecule has 0 saturated heterocycles. The largest absolute Gasteiger partial charge is 0.275 e. The molecule has 2 aliphatic rings. The Bertz CT molecular complexity index is 1260. The lowest BCUT2D eigenvalue weighted by Crippen LogP contribution is -2.47. The van der Waals surface area contributed by atoms with Crippen LogP contribution in [0.4, 0.5) is 0 Å². The second kappa shape index (κ2) is 5.77. The topological polar surface area (TPSA) is 89.6 Å². The van der Waals surface area contributed by atoms with Crippen LogP contribution in [0.1, 0.15) is 31.7 Å². The van der Waals surface area contributed by atoms with Gasteiger partial charge in [-0.05, 0) is 43.2 Å². The van der Waals surface area contributed by atoms with Crippen molar-refractivity contribution >= 4 is 5.52 Å². The smallest absolute Gasteiger partial charge is 0.112 e. The summed E-state index contributed by atoms with van der Waals surface area (Å²) >= 11 is 0. The molecule has 0 radical (unpaired) electrons. The van der Waals surface area contributed by atoms with Gasteiger partial charge in [-0.1, -0.05) is 0 Å². The Balaban J connectivity index is 1.32. The average Bonchev–Trinajstić information content (AvgIpc) is 3.39. The van der Waals surface area contributed by atoms with E-state index in [1.54, 1.807) is 10.9 Å². The number of hydrogen-bond acceptors (Lipinski definition) is 5. The molecule has 2 aliphatic carbocycles. The molecule has 4 heterocycles. The molecule has 4 aromatic heterocycles. The maximum Gasteiger partial charge on any atom is 0.112 e. The Labute approximate surface area is 167 Å². The summed E-state index contributed by atoms with van der Waals surface area (Å²) in [4.78, 5) is 4.89. The maximum atomic E-state index is 9.04. The molecule has 0 aliphatic heterocycles. The number of nitriles is 1. The molecule has 29 heavy (non-hydrogen) atoms. The second-order valence-corrected chi connectivity index (χ2v) is 8.52. The van der Waals surface area contributed by atoms with E-state index >= 15 is 0 Å². The second-order valence-electron chi connectivity index (χ2n) is 8.52. The Morgan fingerprint density at radius 1 is 1.10 bits per heavy atom. The molecule has 0 aromatic carbocycles. The van der Waals surface area contributed by atoms with Crippen LogP contribution in [0.2, 0.25) is 0 Å². The molecule has 0 N–H and O–H groups in total. The monoisotopic (exact) mass is 384 g/mol. The number of fused-ring (bicyclic) bond motifs is 1. The zero-order valence-electron chi connectivity index (χ0n) is 16.1. The van der Waals surface area contributed by atoms with Gasteiger partial charge in [0, 0.05) is 30.9 Å². The van der Waals surface area contributed by atoms with Crippen LogP contribution in [0.25, 0.3) is 28.2 Å². The Hall–Kier alpha value is -3.47. The molecular formula is C21H20N8. The van der Waals surface area contributed by atoms with Crippen LogP contribution in [0.5, 0.6) is 0 Å². The first kappa shape index (κ1) is 16.5. The molecule has 8 nitrogen and oxygen atoms in total. The molecule has 1 spiro atoms. The summed E-state index contributed by atoms with van der Waals surface area (Å²) in [6.45, 7) is 0. The number of nitrogens with zero attached hydrogens (tertiary/aromatic N) is 8. The minimum Gasteiger partial charge on any atom is -0.275 e. The van der Waals surface area contributed by atoms with Gasteiger partial charge in [-0.2, -0.15) is 20.6 Å². The van der Waals surface area contributed by atoms with Crippen LogP contribution in [-0.2, 0) is 7.05 Å². The molecule has 2 fully saturated rings. The van der Waals surface area contributed by atoms with Crippen molar-refractivity contribution < 1.29 is 0 Å². The lowest BCUT2D eigenvalue weighted by atomic mass is 9.50. The zero-order valence-corrected chi connectivity index (χ0v) is 16.1. The summed E-state index contributed by atoms with van der Waals surface area (Å²) in [5, 5.41) is 22.6. The highest BCUT2D eigenvalue weighted by atomic mass is 15.3. The summed E-state index contributed by atoms with van der Waals surface area (Å²) in [5.41, 5.74) is 4.79. The van der Waals surface area contributed by atoms with E-state index in [0.29, 0.717) is 11.5 Å². The van der Waals surface area contributed by atoms with Gasteiger partial charge in [0.25, 0.3) is 0 Å². The van der Waals surface area contributed by atoms with E-state index in [1.807, 2.05) is 42.3 Å². The number of aryl methyl sites for hydroxylation is 1. The third-order valence-electron chi connectivity index (χ3n) is 6.49. The Kier molecular flexibility index (Phi) is 3.28. The quantitative estimate of drug-likeness (QED) is 0.541. The molecule has 2 saturated carbocycles.